The van der Waals surface area contributed by atoms with Crippen molar-refractivity contribution in [1.29, 1.82) is 0 Å². The average Bonchev–Trinajstić information content (AvgIpc) is 1.58. The fourth-order valence-corrected chi connectivity index (χ4v) is 15.9. The van der Waals surface area contributed by atoms with E-state index in [0.29, 0.717) is 11.3 Å². The molecule has 25 rings (SSSR count). The maximum atomic E-state index is 12.3. The normalized spacial score (nSPS) is 11.5. The second-order valence-electron chi connectivity index (χ2n) is 32.2. The van der Waals surface area contributed by atoms with Crippen LogP contribution in [-0.2, 0) is 153 Å². The topological polar surface area (TPSA) is 121 Å². The molecule has 0 bridgehead atoms. The van der Waals surface area contributed by atoms with Gasteiger partial charge in [-0.3, -0.25) is 4.68 Å². The van der Waals surface area contributed by atoms with Crippen molar-refractivity contribution in [1.82, 2.24) is 44.6 Å². The number of nitrogens with zero attached hydrogens (tertiary/aromatic N) is 12. The Bertz CT molecular complexity index is 7280. The molecule has 1 aliphatic carbocycles. The summed E-state index contributed by atoms with van der Waals surface area (Å²) in [5, 5.41) is 11.3. The number of pyridine rings is 6. The van der Waals surface area contributed by atoms with E-state index in [9.17, 15) is 13.2 Å². The first-order valence-electron chi connectivity index (χ1n) is 44.9. The van der Waals surface area contributed by atoms with E-state index in [4.69, 9.17) is 4.42 Å². The Balaban J connectivity index is 0.000000168. The summed E-state index contributed by atoms with van der Waals surface area (Å²) in [7, 11) is 4.05. The van der Waals surface area contributed by atoms with Crippen LogP contribution in [-0.4, -0.2) is 58.7 Å². The quantitative estimate of drug-likeness (QED) is 0.128. The first-order chi connectivity index (χ1) is 68.2. The molecule has 23 heteroatoms. The van der Waals surface area contributed by atoms with Crippen molar-refractivity contribution in [3.8, 4) is 84.4 Å². The molecular formula is C123H90F3Ir6N12OPt-11. The van der Waals surface area contributed by atoms with Gasteiger partial charge in [0.25, 0.3) is 0 Å². The molecule has 0 atom stereocenters. The molecule has 0 saturated carbocycles. The maximum absolute atomic E-state index is 12.3. The van der Waals surface area contributed by atoms with E-state index < -0.39 is 11.7 Å². The average molecular weight is 3160 g/mol. The number of rotatable bonds is 9. The molecule has 0 spiro atoms. The molecule has 0 N–H and O–H groups in total. The summed E-state index contributed by atoms with van der Waals surface area (Å²) in [6.07, 6.45) is 14.1. The molecule has 13 nitrogen and oxygen atoms in total. The van der Waals surface area contributed by atoms with Crippen molar-refractivity contribution < 1.29 is 159 Å². The van der Waals surface area contributed by atoms with Crippen LogP contribution in [0.25, 0.3) is 128 Å². The number of alkyl halides is 3. The van der Waals surface area contributed by atoms with E-state index in [1.807, 2.05) is 326 Å². The standard InChI is InChI=1S/C18H15N2.C16H12N2O.2C15H10N.C14H12N2.C12H7F3N.3C11H8N.6Ir.Pt/c1-18(2)16-7-4-3-6-14(16)15-9-8-13(12-17(15)18)20-11-5-10-19-20;1-17-9-10-18(11-17)14-7-4-6-13-12-5-2-3-8-15(12)19-16(13)14;2*1-2-7-13(8-3-1)15-14-9-5-4-6-12(14)10-11-16-15;1-15-11-16(12-7-3-2-4-8-12)14-10-6-5-9-13(14)15;13-12(14,15)10-6-4-9(5-7-10)11-3-1-2-8-16-11;3*1-2-6-10(7-3-1)11-8-4-5-9-12-11;;;;;;;/h3-7,9-12H,1-2H3;2-6,8-11H,1H3;2*1-7,9-11H;2-7,9-11H,1H3;1-4,6-8H;3*1-6,8-9H;;;;;;;/q-1;-2;2*-1;-2;4*-1;;;;;;;. The molecule has 8 aromatic heterocycles. The molecule has 6 radical (unpaired) electrons. The monoisotopic (exact) mass is 3160 g/mol. The summed E-state index contributed by atoms with van der Waals surface area (Å²) in [4.78, 5) is 33.9. The van der Waals surface area contributed by atoms with Gasteiger partial charge in [0.15, 0.2) is 0 Å². The van der Waals surface area contributed by atoms with Gasteiger partial charge in [-0.25, -0.2) is 0 Å². The van der Waals surface area contributed by atoms with Crippen LogP contribution in [0.15, 0.2) is 467 Å². The van der Waals surface area contributed by atoms with Gasteiger partial charge >= 0.3 is 6.18 Å². The van der Waals surface area contributed by atoms with Crippen LogP contribution in [0.1, 0.15) is 30.5 Å². The van der Waals surface area contributed by atoms with Crippen LogP contribution in [0.5, 0.6) is 0 Å². The van der Waals surface area contributed by atoms with Gasteiger partial charge in [-0.2, -0.15) is 92.3 Å². The van der Waals surface area contributed by atoms with Crippen molar-refractivity contribution in [2.24, 2.45) is 0 Å². The Kier molecular flexibility index (Phi) is 44.9. The van der Waals surface area contributed by atoms with Gasteiger partial charge in [-0.05, 0) is 165 Å². The second-order valence-corrected chi connectivity index (χ2v) is 32.2. The van der Waals surface area contributed by atoms with Gasteiger partial charge in [-0.15, -0.1) is 232 Å². The first-order valence-corrected chi connectivity index (χ1v) is 44.9. The number of halogens is 3. The summed E-state index contributed by atoms with van der Waals surface area (Å²) in [5.41, 5.74) is 23.2. The molecule has 0 fully saturated rings. The minimum atomic E-state index is -4.32. The van der Waals surface area contributed by atoms with Gasteiger partial charge in [0.05, 0.1) is 0 Å². The van der Waals surface area contributed by atoms with Crippen LogP contribution < -0.4 is 14.7 Å². The van der Waals surface area contributed by atoms with Crippen molar-refractivity contribution >= 4 is 66.2 Å². The Morgan fingerprint density at radius 2 is 0.788 bits per heavy atom. The van der Waals surface area contributed by atoms with Gasteiger partial charge in [0.1, 0.15) is 5.58 Å². The summed E-state index contributed by atoms with van der Waals surface area (Å²) in [6.45, 7) is 8.64. The van der Waals surface area contributed by atoms with E-state index in [1.165, 1.54) is 61.2 Å². The molecule has 22 aromatic rings. The van der Waals surface area contributed by atoms with Gasteiger partial charge in [0, 0.05) is 214 Å². The molecule has 0 amide bonds. The van der Waals surface area contributed by atoms with E-state index >= 15 is 0 Å². The van der Waals surface area contributed by atoms with Gasteiger partial charge in [0.2, 0.25) is 0 Å². The second kappa shape index (κ2) is 57.1. The van der Waals surface area contributed by atoms with Gasteiger partial charge in [-0.1, -0.05) is 182 Å². The van der Waals surface area contributed by atoms with E-state index in [-0.39, 0.29) is 147 Å². The molecule has 0 saturated heterocycles. The van der Waals surface area contributed by atoms with Crippen LogP contribution in [0, 0.1) is 67.9 Å². The maximum Gasteiger partial charge on any atom is 0.381 e. The largest absolute Gasteiger partial charge is 0.514 e. The fraction of sp³-hybridized carbons (Fsp3) is 0.0488. The summed E-state index contributed by atoms with van der Waals surface area (Å²) in [5.74, 6) is 0. The van der Waals surface area contributed by atoms with E-state index in [1.54, 1.807) is 49.2 Å². The summed E-state index contributed by atoms with van der Waals surface area (Å²) < 4.78 is 44.7. The molecule has 10 heterocycles. The third-order valence-electron chi connectivity index (χ3n) is 22.7. The minimum Gasteiger partial charge on any atom is -0.514 e. The number of hydrogen-bond acceptors (Lipinski definition) is 12. The number of furan rings is 1. The fourth-order valence-electron chi connectivity index (χ4n) is 15.9. The zero-order valence-electron chi connectivity index (χ0n) is 78.8. The molecule has 744 valence electrons. The van der Waals surface area contributed by atoms with Crippen molar-refractivity contribution in [3.05, 3.63) is 547 Å². The smallest absolute Gasteiger partial charge is 0.381 e. The zero-order chi connectivity index (χ0) is 95.4. The molecule has 14 aromatic carbocycles. The predicted molar refractivity (Wildman–Crippen MR) is 554 cm³/mol. The zero-order valence-corrected chi connectivity index (χ0v) is 95.4. The van der Waals surface area contributed by atoms with Crippen LogP contribution in [0.4, 0.5) is 35.9 Å². The Labute approximate surface area is 946 Å². The van der Waals surface area contributed by atoms with Crippen LogP contribution in [0.2, 0.25) is 0 Å². The number of para-hydroxylation sites is 4. The number of hydrogen-bond donors (Lipinski definition) is 0. The molecule has 146 heavy (non-hydrogen) atoms. The van der Waals surface area contributed by atoms with Crippen LogP contribution >= 0.6 is 0 Å². The molecule has 3 aliphatic rings. The van der Waals surface area contributed by atoms with Crippen molar-refractivity contribution in [2.45, 2.75) is 25.4 Å². The van der Waals surface area contributed by atoms with Crippen molar-refractivity contribution in [2.75, 3.05) is 28.8 Å². The van der Waals surface area contributed by atoms with Crippen LogP contribution in [0.3, 0.4) is 0 Å². The number of fused-ring (bicyclic) bond motifs is 9. The number of benzene rings is 14. The van der Waals surface area contributed by atoms with Gasteiger partial charge < -0.3 is 53.9 Å². The summed E-state index contributed by atoms with van der Waals surface area (Å²) >= 11 is 0. The Hall–Kier alpha value is -13.2. The van der Waals surface area contributed by atoms with Crippen molar-refractivity contribution in [3.63, 3.8) is 0 Å². The third-order valence-corrected chi connectivity index (χ3v) is 22.7. The molecule has 2 aliphatic heterocycles. The Morgan fingerprint density at radius 1 is 0.336 bits per heavy atom. The minimum absolute atomic E-state index is 0. The number of anilines is 4. The summed E-state index contributed by atoms with van der Waals surface area (Å²) in [6, 6.07) is 158. The molecule has 0 unspecified atom stereocenters. The van der Waals surface area contributed by atoms with E-state index in [2.05, 4.69) is 224 Å². The Morgan fingerprint density at radius 3 is 1.24 bits per heavy atom. The first kappa shape index (κ1) is 115. The molecular weight excluding hydrogens is 3070 g/mol. The SMILES string of the molecule is CC1(C)c2ccccc2-c2c[c-]c(-n3cccn3)cc21.CN1C=CN(c2[c-]ccc3c2oc2ccccc23)[CH-]1.CN1[CH-]N(c2[c-]cccc2)c2ccccc21.FC(F)(F)c1c[c-]c(-c2ccccn2)cc1.[Ir].[Ir].[Ir].[Ir].[Ir].[Ir].[Pt].[c-]1ccccc1-c1ccccn1.[c-]1ccccc1-c1ccccn1.[c-]1ccccc1-c1ccccn1.[c-]1ccccc1-c1nccc2ccccc12.[c-]1ccccc1-c1nccc2ccccc12. The van der Waals surface area contributed by atoms with E-state index in [0.717, 1.165) is 107 Å². The predicted octanol–water partition coefficient (Wildman–Crippen LogP) is 29.5. The number of aromatic nitrogens is 8. The third kappa shape index (κ3) is 29.6.